The Kier molecular flexibility index (Phi) is 2.81. The number of fused-ring (bicyclic) bond motifs is 1. The molecule has 0 N–H and O–H groups in total. The van der Waals surface area contributed by atoms with Gasteiger partial charge < -0.3 is 14.0 Å². The Morgan fingerprint density at radius 3 is 2.90 bits per heavy atom. The Bertz CT molecular complexity index is 781. The lowest BCUT2D eigenvalue weighted by Crippen LogP contribution is -2.14. The normalized spacial score (nSPS) is 13.4. The van der Waals surface area contributed by atoms with Crippen molar-refractivity contribution in [2.45, 2.75) is 6.92 Å². The van der Waals surface area contributed by atoms with E-state index >= 15 is 0 Å². The van der Waals surface area contributed by atoms with E-state index < -0.39 is 0 Å². The minimum Gasteiger partial charge on any atom is -0.485 e. The summed E-state index contributed by atoms with van der Waals surface area (Å²) in [6, 6.07) is 3.66. The fourth-order valence-corrected chi connectivity index (χ4v) is 2.80. The molecule has 0 unspecified atom stereocenters. The monoisotopic (exact) mass is 302 g/mol. The summed E-state index contributed by atoms with van der Waals surface area (Å²) < 4.78 is 16.4. The fourth-order valence-electron chi connectivity index (χ4n) is 1.95. The molecule has 1 aliphatic rings. The van der Waals surface area contributed by atoms with E-state index in [9.17, 15) is 0 Å². The first-order chi connectivity index (χ1) is 10.3. The van der Waals surface area contributed by atoms with Crippen molar-refractivity contribution in [2.24, 2.45) is 0 Å². The van der Waals surface area contributed by atoms with E-state index in [1.54, 1.807) is 6.07 Å². The third kappa shape index (κ3) is 2.13. The Balaban J connectivity index is 1.71. The van der Waals surface area contributed by atoms with Crippen LogP contribution in [0.25, 0.3) is 22.3 Å². The van der Waals surface area contributed by atoms with Gasteiger partial charge in [-0.05, 0) is 19.1 Å². The topological polar surface area (TPSA) is 83.2 Å². The number of ether oxygens (including phenoxy) is 2. The molecule has 0 radical (unpaired) electrons. The number of nitrogens with zero attached hydrogens (tertiary/aromatic N) is 4. The van der Waals surface area contributed by atoms with Crippen molar-refractivity contribution < 1.29 is 14.0 Å². The molecule has 7 nitrogen and oxygen atoms in total. The summed E-state index contributed by atoms with van der Waals surface area (Å²) in [5.74, 6) is 2.17. The summed E-state index contributed by atoms with van der Waals surface area (Å²) >= 11 is 1.45. The number of aryl methyl sites for hydroxylation is 1. The molecule has 21 heavy (non-hydrogen) atoms. The van der Waals surface area contributed by atoms with Gasteiger partial charge in [0.2, 0.25) is 5.82 Å². The SMILES string of the molecule is Cc1ccc(-c2noc(-c3scc4c3OCCO4)n2)nn1. The average molecular weight is 302 g/mol. The number of rotatable bonds is 2. The highest BCUT2D eigenvalue weighted by atomic mass is 32.1. The van der Waals surface area contributed by atoms with Crippen LogP contribution in [0.15, 0.2) is 22.0 Å². The lowest BCUT2D eigenvalue weighted by molar-refractivity contribution is 0.174. The first-order valence-corrected chi connectivity index (χ1v) is 7.21. The molecule has 0 saturated carbocycles. The summed E-state index contributed by atoms with van der Waals surface area (Å²) in [6.45, 7) is 2.94. The lowest BCUT2D eigenvalue weighted by atomic mass is 10.3. The molecular weight excluding hydrogens is 292 g/mol. The number of hydrogen-bond donors (Lipinski definition) is 0. The molecule has 0 aliphatic carbocycles. The molecule has 8 heteroatoms. The van der Waals surface area contributed by atoms with E-state index in [-0.39, 0.29) is 0 Å². The standard InChI is InChI=1S/C13H10N4O3S/c1-7-2-3-8(16-15-7)12-14-13(20-17-12)11-10-9(6-21-11)18-4-5-19-10/h2-3,6H,4-5H2,1H3. The molecule has 3 aromatic heterocycles. The predicted molar refractivity (Wildman–Crippen MR) is 74.4 cm³/mol. The van der Waals surface area contributed by atoms with Gasteiger partial charge in [0.25, 0.3) is 5.89 Å². The van der Waals surface area contributed by atoms with Gasteiger partial charge in [-0.15, -0.1) is 16.4 Å². The van der Waals surface area contributed by atoms with Crippen molar-refractivity contribution in [3.05, 3.63) is 23.2 Å². The van der Waals surface area contributed by atoms with Crippen LogP contribution in [0.2, 0.25) is 0 Å². The van der Waals surface area contributed by atoms with Gasteiger partial charge in [0.15, 0.2) is 11.5 Å². The van der Waals surface area contributed by atoms with Gasteiger partial charge in [-0.25, -0.2) is 0 Å². The lowest BCUT2D eigenvalue weighted by Gasteiger charge is -2.14. The molecule has 0 aromatic carbocycles. The summed E-state index contributed by atoms with van der Waals surface area (Å²) in [7, 11) is 0. The molecule has 0 spiro atoms. The van der Waals surface area contributed by atoms with Crippen molar-refractivity contribution >= 4 is 11.3 Å². The van der Waals surface area contributed by atoms with Gasteiger partial charge in [0.05, 0.1) is 5.69 Å². The zero-order valence-electron chi connectivity index (χ0n) is 11.1. The zero-order valence-corrected chi connectivity index (χ0v) is 11.9. The van der Waals surface area contributed by atoms with E-state index in [2.05, 4.69) is 20.3 Å². The van der Waals surface area contributed by atoms with E-state index in [0.29, 0.717) is 36.4 Å². The van der Waals surface area contributed by atoms with Crippen LogP contribution >= 0.6 is 11.3 Å². The van der Waals surface area contributed by atoms with Gasteiger partial charge in [0, 0.05) is 5.38 Å². The van der Waals surface area contributed by atoms with Crippen LogP contribution in [-0.2, 0) is 0 Å². The summed E-state index contributed by atoms with van der Waals surface area (Å²) in [5.41, 5.74) is 1.40. The van der Waals surface area contributed by atoms with Crippen molar-refractivity contribution in [1.29, 1.82) is 0 Å². The Labute approximate surface area is 123 Å². The van der Waals surface area contributed by atoms with Crippen molar-refractivity contribution in [3.8, 4) is 33.8 Å². The molecule has 3 aromatic rings. The number of hydrogen-bond acceptors (Lipinski definition) is 8. The number of thiophene rings is 1. The highest BCUT2D eigenvalue weighted by Crippen LogP contribution is 2.45. The molecule has 1 aliphatic heterocycles. The summed E-state index contributed by atoms with van der Waals surface area (Å²) in [4.78, 5) is 5.12. The molecule has 0 fully saturated rings. The van der Waals surface area contributed by atoms with E-state index in [4.69, 9.17) is 14.0 Å². The Morgan fingerprint density at radius 1 is 1.14 bits per heavy atom. The molecule has 0 saturated heterocycles. The molecule has 4 rings (SSSR count). The van der Waals surface area contributed by atoms with Crippen LogP contribution in [0.4, 0.5) is 0 Å². The molecule has 106 valence electrons. The minimum atomic E-state index is 0.393. The maximum atomic E-state index is 5.61. The van der Waals surface area contributed by atoms with Crippen molar-refractivity contribution in [1.82, 2.24) is 20.3 Å². The van der Waals surface area contributed by atoms with Gasteiger partial charge in [0.1, 0.15) is 23.8 Å². The van der Waals surface area contributed by atoms with Crippen LogP contribution in [0.1, 0.15) is 5.69 Å². The quantitative estimate of drug-likeness (QED) is 0.718. The van der Waals surface area contributed by atoms with Crippen LogP contribution in [-0.4, -0.2) is 33.6 Å². The minimum absolute atomic E-state index is 0.393. The average Bonchev–Trinajstić information content (AvgIpc) is 3.14. The maximum absolute atomic E-state index is 5.61. The maximum Gasteiger partial charge on any atom is 0.272 e. The van der Waals surface area contributed by atoms with Gasteiger partial charge in [-0.2, -0.15) is 10.1 Å². The van der Waals surface area contributed by atoms with Crippen LogP contribution in [0.3, 0.4) is 0 Å². The van der Waals surface area contributed by atoms with Gasteiger partial charge in [-0.1, -0.05) is 5.16 Å². The van der Waals surface area contributed by atoms with Crippen molar-refractivity contribution in [3.63, 3.8) is 0 Å². The summed E-state index contributed by atoms with van der Waals surface area (Å²) in [5, 5.41) is 13.8. The van der Waals surface area contributed by atoms with Crippen LogP contribution in [0.5, 0.6) is 11.5 Å². The van der Waals surface area contributed by atoms with Crippen molar-refractivity contribution in [2.75, 3.05) is 13.2 Å². The second-order valence-electron chi connectivity index (χ2n) is 4.44. The third-order valence-corrected chi connectivity index (χ3v) is 3.88. The Hall–Kier alpha value is -2.48. The second kappa shape index (κ2) is 4.81. The highest BCUT2D eigenvalue weighted by molar-refractivity contribution is 7.14. The predicted octanol–water partition coefficient (Wildman–Crippen LogP) is 2.33. The Morgan fingerprint density at radius 2 is 2.05 bits per heavy atom. The number of aromatic nitrogens is 4. The van der Waals surface area contributed by atoms with Crippen LogP contribution < -0.4 is 9.47 Å². The first-order valence-electron chi connectivity index (χ1n) is 6.33. The largest absolute Gasteiger partial charge is 0.485 e. The molecule has 0 atom stereocenters. The zero-order chi connectivity index (χ0) is 14.2. The van der Waals surface area contributed by atoms with E-state index in [1.807, 2.05) is 18.4 Å². The fraction of sp³-hybridized carbons (Fsp3) is 0.231. The van der Waals surface area contributed by atoms with Gasteiger partial charge >= 0.3 is 0 Å². The van der Waals surface area contributed by atoms with Gasteiger partial charge in [-0.3, -0.25) is 0 Å². The molecular formula is C13H10N4O3S. The molecule has 0 bridgehead atoms. The van der Waals surface area contributed by atoms with E-state index in [0.717, 1.165) is 16.3 Å². The van der Waals surface area contributed by atoms with E-state index in [1.165, 1.54) is 11.3 Å². The molecule has 4 heterocycles. The smallest absolute Gasteiger partial charge is 0.272 e. The third-order valence-electron chi connectivity index (χ3n) is 2.95. The molecule has 0 amide bonds. The second-order valence-corrected chi connectivity index (χ2v) is 5.32. The van der Waals surface area contributed by atoms with Crippen LogP contribution in [0, 0.1) is 6.92 Å². The highest BCUT2D eigenvalue weighted by Gasteiger charge is 2.24. The summed E-state index contributed by atoms with van der Waals surface area (Å²) in [6.07, 6.45) is 0. The first kappa shape index (κ1) is 12.3.